The molecule has 1 saturated heterocycles. The zero-order chi connectivity index (χ0) is 17.5. The standard InChI is InChI=1S/C21H24N4O/c26-21(17-10-7-14-4-1-2-5-16(14)12-17)25-11-3-6-18(13-25)20-22-19(23-24-20)15-8-9-15/h1,4,7,10,12,15,18H,2-3,5-6,8-9,11,13H2,(H,22,23,24). The van der Waals surface area contributed by atoms with E-state index >= 15 is 0 Å². The zero-order valence-corrected chi connectivity index (χ0v) is 14.9. The number of H-pyrrole nitrogens is 1. The molecule has 0 bridgehead atoms. The van der Waals surface area contributed by atoms with Crippen LogP contribution in [-0.4, -0.2) is 39.1 Å². The summed E-state index contributed by atoms with van der Waals surface area (Å²) in [6.45, 7) is 1.55. The molecule has 1 N–H and O–H groups in total. The first-order chi connectivity index (χ1) is 12.8. The lowest BCUT2D eigenvalue weighted by atomic mass is 9.94. The molecule has 1 aliphatic heterocycles. The van der Waals surface area contributed by atoms with Crippen molar-refractivity contribution in [2.24, 2.45) is 0 Å². The summed E-state index contributed by atoms with van der Waals surface area (Å²) in [4.78, 5) is 19.7. The van der Waals surface area contributed by atoms with E-state index in [-0.39, 0.29) is 11.8 Å². The molecular weight excluding hydrogens is 324 g/mol. The van der Waals surface area contributed by atoms with Gasteiger partial charge in [-0.15, -0.1) is 0 Å². The van der Waals surface area contributed by atoms with Crippen LogP contribution in [0.15, 0.2) is 24.3 Å². The topological polar surface area (TPSA) is 61.9 Å². The number of fused-ring (bicyclic) bond motifs is 1. The van der Waals surface area contributed by atoms with Gasteiger partial charge < -0.3 is 4.90 Å². The Labute approximate surface area is 153 Å². The van der Waals surface area contributed by atoms with Gasteiger partial charge >= 0.3 is 0 Å². The number of aryl methyl sites for hydroxylation is 1. The number of allylic oxidation sites excluding steroid dienone is 1. The Hall–Kier alpha value is -2.43. The van der Waals surface area contributed by atoms with E-state index < -0.39 is 0 Å². The first-order valence-corrected chi connectivity index (χ1v) is 9.79. The highest BCUT2D eigenvalue weighted by molar-refractivity contribution is 5.95. The molecule has 2 aromatic rings. The van der Waals surface area contributed by atoms with Crippen LogP contribution in [-0.2, 0) is 6.42 Å². The van der Waals surface area contributed by atoms with Gasteiger partial charge in [0.1, 0.15) is 5.82 Å². The smallest absolute Gasteiger partial charge is 0.253 e. The van der Waals surface area contributed by atoms with Gasteiger partial charge in [-0.3, -0.25) is 9.89 Å². The minimum atomic E-state index is 0.144. The second-order valence-electron chi connectivity index (χ2n) is 7.80. The Morgan fingerprint density at radius 2 is 2.12 bits per heavy atom. The lowest BCUT2D eigenvalue weighted by Gasteiger charge is -2.31. The summed E-state index contributed by atoms with van der Waals surface area (Å²) in [5.74, 6) is 2.90. The van der Waals surface area contributed by atoms with Gasteiger partial charge in [0.25, 0.3) is 5.91 Å². The van der Waals surface area contributed by atoms with Crippen LogP contribution >= 0.6 is 0 Å². The zero-order valence-electron chi connectivity index (χ0n) is 14.9. The van der Waals surface area contributed by atoms with Crippen molar-refractivity contribution < 1.29 is 4.79 Å². The van der Waals surface area contributed by atoms with Crippen LogP contribution in [0.1, 0.15) is 77.1 Å². The van der Waals surface area contributed by atoms with Crippen LogP contribution in [0.25, 0.3) is 6.08 Å². The number of rotatable bonds is 3. The van der Waals surface area contributed by atoms with Crippen molar-refractivity contribution >= 4 is 12.0 Å². The molecule has 2 aliphatic carbocycles. The van der Waals surface area contributed by atoms with Crippen molar-refractivity contribution in [1.29, 1.82) is 0 Å². The summed E-state index contributed by atoms with van der Waals surface area (Å²) < 4.78 is 0. The third-order valence-electron chi connectivity index (χ3n) is 5.83. The Morgan fingerprint density at radius 3 is 3.00 bits per heavy atom. The molecule has 5 nitrogen and oxygen atoms in total. The van der Waals surface area contributed by atoms with Gasteiger partial charge in [-0.2, -0.15) is 5.10 Å². The predicted octanol–water partition coefficient (Wildman–Crippen LogP) is 3.66. The summed E-state index contributed by atoms with van der Waals surface area (Å²) in [5.41, 5.74) is 3.35. The maximum Gasteiger partial charge on any atom is 0.253 e. The molecule has 2 heterocycles. The number of amides is 1. The maximum absolute atomic E-state index is 13.0. The van der Waals surface area contributed by atoms with Crippen molar-refractivity contribution in [3.63, 3.8) is 0 Å². The second kappa shape index (κ2) is 6.38. The number of nitrogens with zero attached hydrogens (tertiary/aromatic N) is 3. The highest BCUT2D eigenvalue weighted by atomic mass is 16.2. The van der Waals surface area contributed by atoms with Crippen molar-refractivity contribution in [2.75, 3.05) is 13.1 Å². The largest absolute Gasteiger partial charge is 0.338 e. The number of carbonyl (C=O) groups excluding carboxylic acids is 1. The van der Waals surface area contributed by atoms with E-state index in [9.17, 15) is 4.79 Å². The molecule has 26 heavy (non-hydrogen) atoms. The summed E-state index contributed by atoms with van der Waals surface area (Å²) in [5, 5.41) is 7.55. The molecule has 1 aromatic carbocycles. The second-order valence-corrected chi connectivity index (χ2v) is 7.80. The van der Waals surface area contributed by atoms with E-state index in [0.29, 0.717) is 5.92 Å². The van der Waals surface area contributed by atoms with Crippen molar-refractivity contribution in [2.45, 2.75) is 50.4 Å². The Morgan fingerprint density at radius 1 is 1.19 bits per heavy atom. The molecule has 1 saturated carbocycles. The average molecular weight is 348 g/mol. The quantitative estimate of drug-likeness (QED) is 0.921. The molecule has 1 unspecified atom stereocenters. The van der Waals surface area contributed by atoms with Crippen LogP contribution in [0.4, 0.5) is 0 Å². The Balaban J connectivity index is 1.32. The third-order valence-corrected chi connectivity index (χ3v) is 5.83. The number of carbonyl (C=O) groups is 1. The summed E-state index contributed by atoms with van der Waals surface area (Å²) >= 11 is 0. The van der Waals surface area contributed by atoms with Gasteiger partial charge in [0.2, 0.25) is 0 Å². The van der Waals surface area contributed by atoms with Gasteiger partial charge in [-0.25, -0.2) is 4.98 Å². The van der Waals surface area contributed by atoms with Crippen molar-refractivity contribution in [3.8, 4) is 0 Å². The van der Waals surface area contributed by atoms with E-state index in [1.54, 1.807) is 0 Å². The number of nitrogens with one attached hydrogen (secondary N) is 1. The lowest BCUT2D eigenvalue weighted by molar-refractivity contribution is 0.0704. The van der Waals surface area contributed by atoms with E-state index in [4.69, 9.17) is 4.98 Å². The summed E-state index contributed by atoms with van der Waals surface area (Å²) in [6.07, 6.45) is 10.9. The SMILES string of the molecule is O=C(c1ccc2c(c1)CCC=C2)N1CCCC(c2n[nH]c(C3CC3)n2)C1. The predicted molar refractivity (Wildman–Crippen MR) is 100 cm³/mol. The summed E-state index contributed by atoms with van der Waals surface area (Å²) in [7, 11) is 0. The fraction of sp³-hybridized carbons (Fsp3) is 0.476. The van der Waals surface area contributed by atoms with E-state index in [0.717, 1.165) is 56.0 Å². The molecule has 5 rings (SSSR count). The molecule has 1 aromatic heterocycles. The monoisotopic (exact) mass is 348 g/mol. The molecule has 0 spiro atoms. The number of benzene rings is 1. The van der Waals surface area contributed by atoms with Crippen LogP contribution in [0.2, 0.25) is 0 Å². The minimum absolute atomic E-state index is 0.144. The van der Waals surface area contributed by atoms with Gasteiger partial charge in [0, 0.05) is 30.5 Å². The number of aromatic nitrogens is 3. The van der Waals surface area contributed by atoms with Crippen LogP contribution in [0, 0.1) is 0 Å². The average Bonchev–Trinajstić information content (AvgIpc) is 3.44. The highest BCUT2D eigenvalue weighted by Gasteiger charge is 2.31. The van der Waals surface area contributed by atoms with E-state index in [2.05, 4.69) is 34.5 Å². The molecule has 5 heteroatoms. The lowest BCUT2D eigenvalue weighted by Crippen LogP contribution is -2.39. The summed E-state index contributed by atoms with van der Waals surface area (Å²) in [6, 6.07) is 6.14. The van der Waals surface area contributed by atoms with Gasteiger partial charge in [-0.1, -0.05) is 18.2 Å². The number of aromatic amines is 1. The fourth-order valence-corrected chi connectivity index (χ4v) is 4.13. The molecular formula is C21H24N4O. The maximum atomic E-state index is 13.0. The van der Waals surface area contributed by atoms with Gasteiger partial charge in [-0.05, 0) is 61.8 Å². The first-order valence-electron chi connectivity index (χ1n) is 9.79. The molecule has 2 fully saturated rings. The molecule has 1 atom stereocenters. The normalized spacial score (nSPS) is 22.3. The van der Waals surface area contributed by atoms with Crippen LogP contribution in [0.5, 0.6) is 0 Å². The highest BCUT2D eigenvalue weighted by Crippen LogP contribution is 2.38. The third kappa shape index (κ3) is 2.96. The number of likely N-dealkylation sites (tertiary alicyclic amines) is 1. The fourth-order valence-electron chi connectivity index (χ4n) is 4.13. The Bertz CT molecular complexity index is 865. The van der Waals surface area contributed by atoms with Crippen LogP contribution < -0.4 is 0 Å². The number of piperidine rings is 1. The number of hydrogen-bond acceptors (Lipinski definition) is 3. The van der Waals surface area contributed by atoms with E-state index in [1.165, 1.54) is 24.0 Å². The molecule has 1 amide bonds. The Kier molecular flexibility index (Phi) is 3.88. The van der Waals surface area contributed by atoms with Gasteiger partial charge in [0.15, 0.2) is 5.82 Å². The molecule has 0 radical (unpaired) electrons. The number of hydrogen-bond donors (Lipinski definition) is 1. The van der Waals surface area contributed by atoms with E-state index in [1.807, 2.05) is 11.0 Å². The molecule has 3 aliphatic rings. The minimum Gasteiger partial charge on any atom is -0.338 e. The van der Waals surface area contributed by atoms with Crippen molar-refractivity contribution in [1.82, 2.24) is 20.1 Å². The van der Waals surface area contributed by atoms with Crippen LogP contribution in [0.3, 0.4) is 0 Å². The van der Waals surface area contributed by atoms with Crippen molar-refractivity contribution in [3.05, 3.63) is 52.6 Å². The van der Waals surface area contributed by atoms with Gasteiger partial charge in [0.05, 0.1) is 0 Å². The first kappa shape index (κ1) is 15.8. The molecule has 134 valence electrons.